The molecule has 3 aliphatic heterocycles. The maximum Gasteiger partial charge on any atom is 0.335 e. The molecule has 2 aromatic carbocycles. The summed E-state index contributed by atoms with van der Waals surface area (Å²) in [6, 6.07) is 14.7. The molecule has 3 fully saturated rings. The van der Waals surface area contributed by atoms with E-state index < -0.39 is 5.97 Å². The van der Waals surface area contributed by atoms with E-state index in [1.54, 1.807) is 24.3 Å². The number of carbonyl (C=O) groups is 2. The average molecular weight is 623 g/mol. The Morgan fingerprint density at radius 1 is 1.05 bits per heavy atom. The van der Waals surface area contributed by atoms with Gasteiger partial charge in [0.1, 0.15) is 16.7 Å². The number of benzene rings is 2. The molecule has 2 amide bonds. The monoisotopic (exact) mass is 622 g/mol. The second-order valence-electron chi connectivity index (χ2n) is 11.8. The molecular weight excluding hydrogens is 587 g/mol. The number of aromatic carboxylic acids is 1. The van der Waals surface area contributed by atoms with Crippen molar-refractivity contribution >= 4 is 23.6 Å². The van der Waals surface area contributed by atoms with Crippen LogP contribution < -0.4 is 4.74 Å². The number of aryl methyl sites for hydroxylation is 1. The largest absolute Gasteiger partial charge is 0.478 e. The molecular formula is C33H36ClFN4O5. The molecule has 0 spiro atoms. The summed E-state index contributed by atoms with van der Waals surface area (Å²) < 4.78 is 26.5. The van der Waals surface area contributed by atoms with Gasteiger partial charge >= 0.3 is 12.0 Å². The van der Waals surface area contributed by atoms with Crippen LogP contribution in [0.15, 0.2) is 54.6 Å². The van der Waals surface area contributed by atoms with Crippen LogP contribution in [-0.2, 0) is 11.3 Å². The number of halogens is 2. The molecule has 9 nitrogen and oxygen atoms in total. The van der Waals surface area contributed by atoms with Crippen LogP contribution in [0, 0.1) is 12.7 Å². The van der Waals surface area contributed by atoms with Crippen LogP contribution in [0.3, 0.4) is 0 Å². The molecule has 4 heterocycles. The molecule has 0 aliphatic carbocycles. The number of hydrogen-bond acceptors (Lipinski definition) is 6. The zero-order valence-corrected chi connectivity index (χ0v) is 25.4. The molecule has 0 bridgehead atoms. The molecule has 6 rings (SSSR count). The first-order valence-electron chi connectivity index (χ1n) is 15.1. The quantitative estimate of drug-likeness (QED) is 0.295. The van der Waals surface area contributed by atoms with Crippen molar-refractivity contribution in [3.8, 4) is 11.6 Å². The van der Waals surface area contributed by atoms with Crippen LogP contribution in [0.2, 0.25) is 5.15 Å². The second-order valence-corrected chi connectivity index (χ2v) is 12.1. The summed E-state index contributed by atoms with van der Waals surface area (Å²) in [4.78, 5) is 35.6. The molecule has 3 aromatic rings. The molecule has 1 aromatic heterocycles. The van der Waals surface area contributed by atoms with Gasteiger partial charge in [-0.1, -0.05) is 29.3 Å². The summed E-state index contributed by atoms with van der Waals surface area (Å²) in [5.41, 5.74) is 2.60. The summed E-state index contributed by atoms with van der Waals surface area (Å²) in [5.74, 6) is -0.493. The van der Waals surface area contributed by atoms with Crippen molar-refractivity contribution in [3.05, 3.63) is 87.8 Å². The first-order chi connectivity index (χ1) is 21.3. The average Bonchev–Trinajstić information content (AvgIpc) is 3.37. The Hall–Kier alpha value is -3.73. The normalized spacial score (nSPS) is 20.3. The van der Waals surface area contributed by atoms with E-state index in [9.17, 15) is 9.59 Å². The minimum Gasteiger partial charge on any atom is -0.478 e. The fourth-order valence-corrected chi connectivity index (χ4v) is 6.72. The van der Waals surface area contributed by atoms with E-state index in [4.69, 9.17) is 26.2 Å². The molecule has 0 saturated carbocycles. The van der Waals surface area contributed by atoms with E-state index in [-0.39, 0.29) is 35.5 Å². The zero-order chi connectivity index (χ0) is 30.8. The van der Waals surface area contributed by atoms with Crippen LogP contribution in [-0.4, -0.2) is 81.7 Å². The molecule has 1 N–H and O–H groups in total. The highest BCUT2D eigenvalue weighted by Crippen LogP contribution is 2.38. The molecule has 3 saturated heterocycles. The second kappa shape index (κ2) is 13.1. The Kier molecular flexibility index (Phi) is 9.02. The Bertz CT molecular complexity index is 1510. The Morgan fingerprint density at radius 3 is 2.45 bits per heavy atom. The minimum atomic E-state index is -1.00. The van der Waals surface area contributed by atoms with Crippen LogP contribution in [0.25, 0.3) is 0 Å². The lowest BCUT2D eigenvalue weighted by atomic mass is 9.97. The predicted octanol–water partition coefficient (Wildman–Crippen LogP) is 6.30. The van der Waals surface area contributed by atoms with Crippen molar-refractivity contribution < 1.29 is 28.6 Å². The van der Waals surface area contributed by atoms with Crippen molar-refractivity contribution in [1.82, 2.24) is 19.7 Å². The number of rotatable bonds is 8. The summed E-state index contributed by atoms with van der Waals surface area (Å²) in [6.07, 6.45) is 3.15. The maximum atomic E-state index is 15.2. The van der Waals surface area contributed by atoms with E-state index in [1.165, 1.54) is 18.2 Å². The van der Waals surface area contributed by atoms with Crippen molar-refractivity contribution in [3.63, 3.8) is 0 Å². The number of carbonyl (C=O) groups excluding carboxylic acids is 1. The Labute approximate surface area is 261 Å². The number of carboxylic acid groups (broad SMARTS) is 1. The number of nitrogens with zero attached hydrogens (tertiary/aromatic N) is 4. The number of pyridine rings is 1. The van der Waals surface area contributed by atoms with Crippen LogP contribution in [0.5, 0.6) is 11.6 Å². The van der Waals surface area contributed by atoms with E-state index in [2.05, 4.69) is 9.88 Å². The third kappa shape index (κ3) is 6.52. The number of aromatic nitrogens is 1. The van der Waals surface area contributed by atoms with Gasteiger partial charge in [-0.3, -0.25) is 4.90 Å². The molecule has 1 atom stereocenters. The third-order valence-corrected chi connectivity index (χ3v) is 9.21. The molecule has 0 radical (unpaired) electrons. The standard InChI is InChI=1S/C33H36ClFN4O5/c1-21-2-8-28(35)27(18-21)29-20-38(24-12-16-43-17-13-24)33(42)39(29)25-10-14-37(15-11-25)19-23-5-9-30(36-31(23)34)44-26-6-3-22(4-7-26)32(40)41/h2-9,18,24-25,29H,10-17,19-20H2,1H3,(H,40,41)/t29-/m0/s1. The molecule has 44 heavy (non-hydrogen) atoms. The van der Waals surface area contributed by atoms with Gasteiger partial charge in [0.2, 0.25) is 5.88 Å². The third-order valence-electron chi connectivity index (χ3n) is 8.88. The van der Waals surface area contributed by atoms with Crippen molar-refractivity contribution in [2.75, 3.05) is 32.8 Å². The molecule has 11 heteroatoms. The highest BCUT2D eigenvalue weighted by atomic mass is 35.5. The molecule has 0 unspecified atom stereocenters. The van der Waals surface area contributed by atoms with Crippen molar-refractivity contribution in [1.29, 1.82) is 0 Å². The smallest absolute Gasteiger partial charge is 0.335 e. The first-order valence-corrected chi connectivity index (χ1v) is 15.5. The SMILES string of the molecule is Cc1ccc(F)c([C@@H]2CN(C3CCOCC3)C(=O)N2C2CCN(Cc3ccc(Oc4ccc(C(=O)O)cc4)nc3Cl)CC2)c1. The van der Waals surface area contributed by atoms with Gasteiger partial charge in [0, 0.05) is 68.7 Å². The van der Waals surface area contributed by atoms with Gasteiger partial charge in [0.15, 0.2) is 0 Å². The number of amides is 2. The summed E-state index contributed by atoms with van der Waals surface area (Å²) in [6.45, 7) is 5.85. The topological polar surface area (TPSA) is 95.4 Å². The Balaban J connectivity index is 1.11. The molecule has 232 valence electrons. The van der Waals surface area contributed by atoms with E-state index in [1.807, 2.05) is 28.9 Å². The van der Waals surface area contributed by atoms with E-state index in [0.29, 0.717) is 48.6 Å². The maximum absolute atomic E-state index is 15.2. The van der Waals surface area contributed by atoms with E-state index in [0.717, 1.165) is 49.9 Å². The van der Waals surface area contributed by atoms with Gasteiger partial charge in [-0.05, 0) is 69.0 Å². The van der Waals surface area contributed by atoms with Crippen LogP contribution >= 0.6 is 11.6 Å². The van der Waals surface area contributed by atoms with Gasteiger partial charge in [0.05, 0.1) is 11.6 Å². The summed E-state index contributed by atoms with van der Waals surface area (Å²) >= 11 is 6.54. The van der Waals surface area contributed by atoms with Gasteiger partial charge in [-0.25, -0.2) is 19.0 Å². The number of urea groups is 1. The van der Waals surface area contributed by atoms with Gasteiger partial charge in [0.25, 0.3) is 0 Å². The van der Waals surface area contributed by atoms with Gasteiger partial charge in [-0.15, -0.1) is 0 Å². The predicted molar refractivity (Wildman–Crippen MR) is 163 cm³/mol. The highest BCUT2D eigenvalue weighted by molar-refractivity contribution is 6.30. The fourth-order valence-electron chi connectivity index (χ4n) is 6.52. The minimum absolute atomic E-state index is 0.00156. The first kappa shape index (κ1) is 30.3. The number of ether oxygens (including phenoxy) is 2. The molecule has 3 aliphatic rings. The lowest BCUT2D eigenvalue weighted by Gasteiger charge is -2.39. The number of piperidine rings is 1. The highest BCUT2D eigenvalue weighted by Gasteiger charge is 2.46. The van der Waals surface area contributed by atoms with E-state index >= 15 is 4.39 Å². The number of carboxylic acids is 1. The fraction of sp³-hybridized carbons (Fsp3) is 0.424. The summed E-state index contributed by atoms with van der Waals surface area (Å²) in [5, 5.41) is 9.41. The number of likely N-dealkylation sites (tertiary alicyclic amines) is 1. The zero-order valence-electron chi connectivity index (χ0n) is 24.6. The van der Waals surface area contributed by atoms with Crippen molar-refractivity contribution in [2.45, 2.75) is 57.3 Å². The van der Waals surface area contributed by atoms with Crippen LogP contribution in [0.1, 0.15) is 58.8 Å². The Morgan fingerprint density at radius 2 is 1.77 bits per heavy atom. The van der Waals surface area contributed by atoms with Crippen LogP contribution in [0.4, 0.5) is 9.18 Å². The summed E-state index contributed by atoms with van der Waals surface area (Å²) in [7, 11) is 0. The van der Waals surface area contributed by atoms with Crippen molar-refractivity contribution in [2.24, 2.45) is 0 Å². The van der Waals surface area contributed by atoms with Gasteiger partial charge < -0.3 is 24.4 Å². The number of hydrogen-bond donors (Lipinski definition) is 1. The van der Waals surface area contributed by atoms with Gasteiger partial charge in [-0.2, -0.15) is 0 Å². The lowest BCUT2D eigenvalue weighted by molar-refractivity contribution is 0.0493. The lowest BCUT2D eigenvalue weighted by Crippen LogP contribution is -2.48.